The van der Waals surface area contributed by atoms with Crippen molar-refractivity contribution < 1.29 is 9.18 Å². The molecule has 0 saturated carbocycles. The van der Waals surface area contributed by atoms with Crippen LogP contribution in [0.4, 0.5) is 9.52 Å². The standard InChI is InChI=1S/C16H9BrClFN2OS/c17-10-3-6-13(18)12(7-10)15(22)21-16-20-14(8-23-16)9-1-4-11(19)5-2-9/h1-8H,(H,20,21,22). The largest absolute Gasteiger partial charge is 0.298 e. The van der Waals surface area contributed by atoms with Crippen molar-refractivity contribution in [3.8, 4) is 11.3 Å². The lowest BCUT2D eigenvalue weighted by Gasteiger charge is -2.04. The van der Waals surface area contributed by atoms with E-state index in [2.05, 4.69) is 26.2 Å². The summed E-state index contributed by atoms with van der Waals surface area (Å²) in [7, 11) is 0. The van der Waals surface area contributed by atoms with Crippen molar-refractivity contribution in [1.82, 2.24) is 4.98 Å². The highest BCUT2D eigenvalue weighted by atomic mass is 79.9. The van der Waals surface area contributed by atoms with Gasteiger partial charge in [-0.25, -0.2) is 9.37 Å². The number of carbonyl (C=O) groups excluding carboxylic acids is 1. The normalized spacial score (nSPS) is 10.6. The second-order valence-corrected chi connectivity index (χ2v) is 6.80. The average molecular weight is 412 g/mol. The lowest BCUT2D eigenvalue weighted by atomic mass is 10.2. The molecule has 1 heterocycles. The van der Waals surface area contributed by atoms with Crippen molar-refractivity contribution in [3.05, 3.63) is 68.7 Å². The maximum atomic E-state index is 12.9. The summed E-state index contributed by atoms with van der Waals surface area (Å²) in [5, 5.41) is 5.33. The molecular formula is C16H9BrClFN2OS. The van der Waals surface area contributed by atoms with Gasteiger partial charge in [-0.1, -0.05) is 27.5 Å². The van der Waals surface area contributed by atoms with Gasteiger partial charge in [-0.2, -0.15) is 0 Å². The van der Waals surface area contributed by atoms with Crippen LogP contribution < -0.4 is 5.32 Å². The van der Waals surface area contributed by atoms with Gasteiger partial charge in [0.25, 0.3) is 5.91 Å². The Labute approximate surface area is 149 Å². The first kappa shape index (κ1) is 16.1. The van der Waals surface area contributed by atoms with Crippen molar-refractivity contribution in [3.63, 3.8) is 0 Å². The number of nitrogens with zero attached hydrogens (tertiary/aromatic N) is 1. The number of amides is 1. The van der Waals surface area contributed by atoms with Gasteiger partial charge in [0.05, 0.1) is 16.3 Å². The molecule has 0 aliphatic rings. The first-order chi connectivity index (χ1) is 11.0. The van der Waals surface area contributed by atoms with E-state index in [1.165, 1.54) is 23.5 Å². The predicted octanol–water partition coefficient (Wildman–Crippen LogP) is 5.62. The molecule has 0 aliphatic heterocycles. The third-order valence-corrected chi connectivity index (χ3v) is 4.62. The molecule has 1 amide bonds. The quantitative estimate of drug-likeness (QED) is 0.608. The van der Waals surface area contributed by atoms with Crippen molar-refractivity contribution in [2.75, 3.05) is 5.32 Å². The summed E-state index contributed by atoms with van der Waals surface area (Å²) in [5.74, 6) is -0.641. The summed E-state index contributed by atoms with van der Waals surface area (Å²) in [4.78, 5) is 16.6. The Balaban J connectivity index is 1.80. The molecule has 1 aromatic heterocycles. The van der Waals surface area contributed by atoms with Crippen molar-refractivity contribution >= 4 is 49.9 Å². The van der Waals surface area contributed by atoms with Crippen LogP contribution in [0.3, 0.4) is 0 Å². The molecule has 0 fully saturated rings. The van der Waals surface area contributed by atoms with Crippen LogP contribution in [0.1, 0.15) is 10.4 Å². The van der Waals surface area contributed by atoms with Gasteiger partial charge in [-0.05, 0) is 42.5 Å². The van der Waals surface area contributed by atoms with E-state index in [1.807, 2.05) is 0 Å². The number of thiazole rings is 1. The van der Waals surface area contributed by atoms with Gasteiger partial charge in [0.1, 0.15) is 5.82 Å². The molecule has 0 unspecified atom stereocenters. The van der Waals surface area contributed by atoms with Gasteiger partial charge in [0.2, 0.25) is 0 Å². The molecule has 0 bridgehead atoms. The van der Waals surface area contributed by atoms with E-state index in [0.29, 0.717) is 21.4 Å². The molecule has 116 valence electrons. The first-order valence-electron chi connectivity index (χ1n) is 6.51. The van der Waals surface area contributed by atoms with Crippen LogP contribution in [-0.4, -0.2) is 10.9 Å². The number of hydrogen-bond acceptors (Lipinski definition) is 3. The van der Waals surface area contributed by atoms with E-state index < -0.39 is 0 Å². The van der Waals surface area contributed by atoms with Gasteiger partial charge in [0, 0.05) is 15.4 Å². The lowest BCUT2D eigenvalue weighted by molar-refractivity contribution is 0.102. The second-order valence-electron chi connectivity index (χ2n) is 4.62. The Morgan fingerprint density at radius 1 is 1.22 bits per heavy atom. The fourth-order valence-corrected chi connectivity index (χ4v) is 3.20. The minimum absolute atomic E-state index is 0.304. The number of rotatable bonds is 3. The minimum Gasteiger partial charge on any atom is -0.298 e. The highest BCUT2D eigenvalue weighted by molar-refractivity contribution is 9.10. The number of anilines is 1. The third-order valence-electron chi connectivity index (χ3n) is 3.04. The fourth-order valence-electron chi connectivity index (χ4n) is 1.92. The number of carbonyl (C=O) groups is 1. The summed E-state index contributed by atoms with van der Waals surface area (Å²) < 4.78 is 13.7. The monoisotopic (exact) mass is 410 g/mol. The van der Waals surface area contributed by atoms with Crippen molar-refractivity contribution in [2.24, 2.45) is 0 Å². The zero-order chi connectivity index (χ0) is 16.4. The molecule has 3 aromatic rings. The van der Waals surface area contributed by atoms with Gasteiger partial charge in [0.15, 0.2) is 5.13 Å². The zero-order valence-electron chi connectivity index (χ0n) is 11.5. The van der Waals surface area contributed by atoms with E-state index in [4.69, 9.17) is 11.6 Å². The van der Waals surface area contributed by atoms with Crippen LogP contribution in [0.25, 0.3) is 11.3 Å². The average Bonchev–Trinajstić information content (AvgIpc) is 2.99. The van der Waals surface area contributed by atoms with Gasteiger partial charge in [-0.15, -0.1) is 11.3 Å². The Hall–Kier alpha value is -1.76. The van der Waals surface area contributed by atoms with Gasteiger partial charge < -0.3 is 0 Å². The molecule has 3 rings (SSSR count). The third kappa shape index (κ3) is 3.77. The van der Waals surface area contributed by atoms with Crippen LogP contribution in [-0.2, 0) is 0 Å². The molecule has 2 aromatic carbocycles. The molecule has 0 spiro atoms. The highest BCUT2D eigenvalue weighted by Crippen LogP contribution is 2.27. The smallest absolute Gasteiger partial charge is 0.258 e. The number of aromatic nitrogens is 1. The van der Waals surface area contributed by atoms with E-state index in [9.17, 15) is 9.18 Å². The molecule has 0 atom stereocenters. The van der Waals surface area contributed by atoms with E-state index in [0.717, 1.165) is 10.0 Å². The van der Waals surface area contributed by atoms with Crippen LogP contribution in [0, 0.1) is 5.82 Å². The van der Waals surface area contributed by atoms with Crippen LogP contribution in [0.2, 0.25) is 5.02 Å². The summed E-state index contributed by atoms with van der Waals surface area (Å²) in [6.45, 7) is 0. The van der Waals surface area contributed by atoms with Crippen molar-refractivity contribution in [1.29, 1.82) is 0 Å². The Bertz CT molecular complexity index is 867. The van der Waals surface area contributed by atoms with Crippen LogP contribution in [0.15, 0.2) is 52.3 Å². The number of halogens is 3. The Morgan fingerprint density at radius 3 is 2.70 bits per heavy atom. The minimum atomic E-state index is -0.337. The summed E-state index contributed by atoms with van der Waals surface area (Å²) in [6.07, 6.45) is 0. The fraction of sp³-hybridized carbons (Fsp3) is 0. The second kappa shape index (κ2) is 6.78. The summed E-state index contributed by atoms with van der Waals surface area (Å²) >= 11 is 10.6. The van der Waals surface area contributed by atoms with Gasteiger partial charge >= 0.3 is 0 Å². The first-order valence-corrected chi connectivity index (χ1v) is 8.56. The SMILES string of the molecule is O=C(Nc1nc(-c2ccc(F)cc2)cs1)c1cc(Br)ccc1Cl. The summed E-state index contributed by atoms with van der Waals surface area (Å²) in [6, 6.07) is 11.1. The Kier molecular flexibility index (Phi) is 4.75. The van der Waals surface area contributed by atoms with E-state index in [1.54, 1.807) is 35.7 Å². The molecule has 0 aliphatic carbocycles. The molecule has 1 N–H and O–H groups in total. The zero-order valence-corrected chi connectivity index (χ0v) is 14.7. The Morgan fingerprint density at radius 2 is 1.96 bits per heavy atom. The maximum Gasteiger partial charge on any atom is 0.258 e. The predicted molar refractivity (Wildman–Crippen MR) is 94.6 cm³/mol. The molecule has 7 heteroatoms. The van der Waals surface area contributed by atoms with E-state index in [-0.39, 0.29) is 11.7 Å². The molecule has 23 heavy (non-hydrogen) atoms. The van der Waals surface area contributed by atoms with Crippen LogP contribution >= 0.6 is 38.9 Å². The van der Waals surface area contributed by atoms with Gasteiger partial charge in [-0.3, -0.25) is 10.1 Å². The van der Waals surface area contributed by atoms with Crippen LogP contribution in [0.5, 0.6) is 0 Å². The lowest BCUT2D eigenvalue weighted by Crippen LogP contribution is -2.12. The molecular weight excluding hydrogens is 403 g/mol. The highest BCUT2D eigenvalue weighted by Gasteiger charge is 2.13. The molecule has 0 saturated heterocycles. The topological polar surface area (TPSA) is 42.0 Å². The molecule has 3 nitrogen and oxygen atoms in total. The van der Waals surface area contributed by atoms with Crippen molar-refractivity contribution in [2.45, 2.75) is 0 Å². The number of nitrogens with one attached hydrogen (secondary N) is 1. The van der Waals surface area contributed by atoms with E-state index >= 15 is 0 Å². The summed E-state index contributed by atoms with van der Waals surface area (Å²) in [5.41, 5.74) is 1.81. The maximum absolute atomic E-state index is 12.9. The number of hydrogen-bond donors (Lipinski definition) is 1. The number of benzene rings is 2. The molecule has 0 radical (unpaired) electrons.